The van der Waals surface area contributed by atoms with Crippen LogP contribution in [-0.4, -0.2) is 24.8 Å². The van der Waals surface area contributed by atoms with E-state index in [1.807, 2.05) is 6.92 Å². The van der Waals surface area contributed by atoms with Crippen molar-refractivity contribution in [3.63, 3.8) is 0 Å². The van der Waals surface area contributed by atoms with Crippen molar-refractivity contribution in [1.82, 2.24) is 5.32 Å². The van der Waals surface area contributed by atoms with Crippen LogP contribution in [0.15, 0.2) is 0 Å². The summed E-state index contributed by atoms with van der Waals surface area (Å²) >= 11 is 0. The van der Waals surface area contributed by atoms with Crippen molar-refractivity contribution in [2.75, 3.05) is 13.2 Å². The van der Waals surface area contributed by atoms with Gasteiger partial charge in [0.2, 0.25) is 0 Å². The van der Waals surface area contributed by atoms with E-state index in [0.717, 1.165) is 13.2 Å². The van der Waals surface area contributed by atoms with Gasteiger partial charge in [0.25, 0.3) is 0 Å². The summed E-state index contributed by atoms with van der Waals surface area (Å²) < 4.78 is 5.58. The molecule has 1 unspecified atom stereocenters. The summed E-state index contributed by atoms with van der Waals surface area (Å²) in [5.41, 5.74) is -0.0508. The predicted molar refractivity (Wildman–Crippen MR) is 48.8 cm³/mol. The van der Waals surface area contributed by atoms with E-state index in [-0.39, 0.29) is 5.60 Å². The summed E-state index contributed by atoms with van der Waals surface area (Å²) in [5.74, 6) is 0. The van der Waals surface area contributed by atoms with Gasteiger partial charge in [-0.25, -0.2) is 0 Å². The van der Waals surface area contributed by atoms with Crippen LogP contribution in [0.3, 0.4) is 0 Å². The maximum atomic E-state index is 5.58. The fourth-order valence-electron chi connectivity index (χ4n) is 1.05. The van der Waals surface area contributed by atoms with E-state index in [1.165, 1.54) is 0 Å². The van der Waals surface area contributed by atoms with Crippen LogP contribution in [-0.2, 0) is 4.74 Å². The second-order valence-corrected chi connectivity index (χ2v) is 3.32. The van der Waals surface area contributed by atoms with E-state index < -0.39 is 0 Å². The highest BCUT2D eigenvalue weighted by atomic mass is 16.5. The minimum absolute atomic E-state index is 0.0508. The first-order valence-corrected chi connectivity index (χ1v) is 4.42. The molecule has 0 fully saturated rings. The molecule has 0 aliphatic heterocycles. The van der Waals surface area contributed by atoms with Crippen LogP contribution in [0.25, 0.3) is 0 Å². The molecule has 11 heavy (non-hydrogen) atoms. The molecule has 0 saturated heterocycles. The first-order chi connectivity index (χ1) is 5.04. The van der Waals surface area contributed by atoms with Crippen molar-refractivity contribution in [3.05, 3.63) is 0 Å². The van der Waals surface area contributed by atoms with Crippen molar-refractivity contribution in [2.45, 2.75) is 46.3 Å². The van der Waals surface area contributed by atoms with Gasteiger partial charge >= 0.3 is 0 Å². The molecule has 0 aromatic rings. The molecule has 2 heteroatoms. The predicted octanol–water partition coefficient (Wildman–Crippen LogP) is 1.80. The standard InChI is InChI=1S/C9H21NO/c1-6-10-8(3)9(4,5)11-7-2/h8,10H,6-7H2,1-5H3. The lowest BCUT2D eigenvalue weighted by molar-refractivity contribution is -0.0332. The minimum Gasteiger partial charge on any atom is -0.374 e. The Bertz CT molecular complexity index is 102. The number of rotatable bonds is 5. The second kappa shape index (κ2) is 4.73. The van der Waals surface area contributed by atoms with Crippen LogP contribution < -0.4 is 5.32 Å². The van der Waals surface area contributed by atoms with E-state index in [2.05, 4.69) is 33.0 Å². The minimum atomic E-state index is -0.0508. The van der Waals surface area contributed by atoms with Crippen LogP contribution >= 0.6 is 0 Å². The number of ether oxygens (including phenoxy) is 1. The SMILES string of the molecule is CCNC(C)C(C)(C)OCC. The largest absolute Gasteiger partial charge is 0.374 e. The third kappa shape index (κ3) is 3.73. The summed E-state index contributed by atoms with van der Waals surface area (Å²) in [6.07, 6.45) is 0. The monoisotopic (exact) mass is 159 g/mol. The quantitative estimate of drug-likeness (QED) is 0.660. The smallest absolute Gasteiger partial charge is 0.0775 e. The van der Waals surface area contributed by atoms with Gasteiger partial charge in [0.05, 0.1) is 5.60 Å². The first kappa shape index (κ1) is 10.9. The molecule has 2 nitrogen and oxygen atoms in total. The Morgan fingerprint density at radius 3 is 2.27 bits per heavy atom. The summed E-state index contributed by atoms with van der Waals surface area (Å²) in [5, 5.41) is 3.35. The summed E-state index contributed by atoms with van der Waals surface area (Å²) in [7, 11) is 0. The Labute approximate surface area is 70.3 Å². The Balaban J connectivity index is 3.83. The van der Waals surface area contributed by atoms with Gasteiger partial charge in [0, 0.05) is 12.6 Å². The maximum Gasteiger partial charge on any atom is 0.0775 e. The molecule has 0 aliphatic rings. The number of likely N-dealkylation sites (N-methyl/N-ethyl adjacent to an activating group) is 1. The van der Waals surface area contributed by atoms with Crippen LogP contribution in [0.4, 0.5) is 0 Å². The van der Waals surface area contributed by atoms with Crippen molar-refractivity contribution >= 4 is 0 Å². The van der Waals surface area contributed by atoms with Crippen molar-refractivity contribution in [2.24, 2.45) is 0 Å². The van der Waals surface area contributed by atoms with E-state index in [0.29, 0.717) is 6.04 Å². The van der Waals surface area contributed by atoms with Crippen LogP contribution in [0.1, 0.15) is 34.6 Å². The third-order valence-electron chi connectivity index (χ3n) is 2.07. The van der Waals surface area contributed by atoms with Crippen LogP contribution in [0.5, 0.6) is 0 Å². The van der Waals surface area contributed by atoms with Gasteiger partial charge in [-0.05, 0) is 34.2 Å². The highest BCUT2D eigenvalue weighted by Crippen LogP contribution is 2.13. The molecule has 0 bridgehead atoms. The second-order valence-electron chi connectivity index (χ2n) is 3.32. The van der Waals surface area contributed by atoms with E-state index >= 15 is 0 Å². The van der Waals surface area contributed by atoms with Gasteiger partial charge in [-0.3, -0.25) is 0 Å². The van der Waals surface area contributed by atoms with Gasteiger partial charge in [-0.2, -0.15) is 0 Å². The van der Waals surface area contributed by atoms with E-state index in [9.17, 15) is 0 Å². The zero-order chi connectivity index (χ0) is 8.91. The summed E-state index contributed by atoms with van der Waals surface area (Å²) in [6.45, 7) is 12.3. The fourth-order valence-corrected chi connectivity index (χ4v) is 1.05. The number of nitrogens with one attached hydrogen (secondary N) is 1. The summed E-state index contributed by atoms with van der Waals surface area (Å²) in [4.78, 5) is 0. The van der Waals surface area contributed by atoms with E-state index in [1.54, 1.807) is 0 Å². The Morgan fingerprint density at radius 1 is 1.36 bits per heavy atom. The van der Waals surface area contributed by atoms with E-state index in [4.69, 9.17) is 4.74 Å². The normalized spacial score (nSPS) is 15.0. The van der Waals surface area contributed by atoms with Gasteiger partial charge in [-0.15, -0.1) is 0 Å². The highest BCUT2D eigenvalue weighted by Gasteiger charge is 2.24. The molecule has 0 rings (SSSR count). The van der Waals surface area contributed by atoms with Crippen LogP contribution in [0.2, 0.25) is 0 Å². The first-order valence-electron chi connectivity index (χ1n) is 4.42. The van der Waals surface area contributed by atoms with Gasteiger partial charge in [0.1, 0.15) is 0 Å². The number of hydrogen-bond acceptors (Lipinski definition) is 2. The Hall–Kier alpha value is -0.0800. The van der Waals surface area contributed by atoms with Crippen molar-refractivity contribution in [1.29, 1.82) is 0 Å². The molecule has 0 aromatic heterocycles. The molecular formula is C9H21NO. The molecule has 0 spiro atoms. The molecule has 0 radical (unpaired) electrons. The summed E-state index contributed by atoms with van der Waals surface area (Å²) in [6, 6.07) is 0.410. The van der Waals surface area contributed by atoms with Crippen LogP contribution in [0, 0.1) is 0 Å². The topological polar surface area (TPSA) is 21.3 Å². The zero-order valence-corrected chi connectivity index (χ0v) is 8.40. The average molecular weight is 159 g/mol. The molecule has 0 heterocycles. The molecule has 1 atom stereocenters. The van der Waals surface area contributed by atoms with Crippen molar-refractivity contribution in [3.8, 4) is 0 Å². The molecule has 1 N–H and O–H groups in total. The lowest BCUT2D eigenvalue weighted by Gasteiger charge is -2.32. The maximum absolute atomic E-state index is 5.58. The third-order valence-corrected chi connectivity index (χ3v) is 2.07. The zero-order valence-electron chi connectivity index (χ0n) is 8.40. The fraction of sp³-hybridized carbons (Fsp3) is 1.00. The molecule has 0 aromatic carbocycles. The molecule has 0 aliphatic carbocycles. The van der Waals surface area contributed by atoms with Gasteiger partial charge in [0.15, 0.2) is 0 Å². The molecule has 0 saturated carbocycles. The molecular weight excluding hydrogens is 138 g/mol. The molecule has 0 amide bonds. The van der Waals surface area contributed by atoms with Gasteiger partial charge < -0.3 is 10.1 Å². The molecule has 68 valence electrons. The van der Waals surface area contributed by atoms with Crippen molar-refractivity contribution < 1.29 is 4.74 Å². The highest BCUT2D eigenvalue weighted by molar-refractivity contribution is 4.81. The number of hydrogen-bond donors (Lipinski definition) is 1. The Morgan fingerprint density at radius 2 is 1.91 bits per heavy atom. The average Bonchev–Trinajstić information content (AvgIpc) is 1.88. The lowest BCUT2D eigenvalue weighted by atomic mass is 10.0. The lowest BCUT2D eigenvalue weighted by Crippen LogP contribution is -2.46. The Kier molecular flexibility index (Phi) is 4.69. The van der Waals surface area contributed by atoms with Gasteiger partial charge in [-0.1, -0.05) is 6.92 Å².